The van der Waals surface area contributed by atoms with Crippen molar-refractivity contribution in [3.8, 4) is 0 Å². The van der Waals surface area contributed by atoms with E-state index in [0.29, 0.717) is 12.1 Å². The topological polar surface area (TPSA) is 29.3 Å². The molecule has 2 heteroatoms. The molecule has 1 aliphatic rings. The van der Waals surface area contributed by atoms with Crippen LogP contribution >= 0.6 is 0 Å². The summed E-state index contributed by atoms with van der Waals surface area (Å²) in [7, 11) is 0. The molecule has 1 saturated heterocycles. The van der Waals surface area contributed by atoms with Crippen molar-refractivity contribution in [1.82, 2.24) is 4.90 Å². The van der Waals surface area contributed by atoms with E-state index in [9.17, 15) is 0 Å². The fourth-order valence-electron chi connectivity index (χ4n) is 3.41. The average Bonchev–Trinajstić information content (AvgIpc) is 2.33. The molecule has 0 radical (unpaired) electrons. The Balaban J connectivity index is 2.62. The van der Waals surface area contributed by atoms with Crippen LogP contribution < -0.4 is 5.73 Å². The predicted molar refractivity (Wildman–Crippen MR) is 76.2 cm³/mol. The van der Waals surface area contributed by atoms with E-state index in [1.807, 2.05) is 0 Å². The van der Waals surface area contributed by atoms with Gasteiger partial charge < -0.3 is 5.73 Å². The molecule has 3 unspecified atom stereocenters. The van der Waals surface area contributed by atoms with E-state index in [4.69, 9.17) is 5.73 Å². The third kappa shape index (κ3) is 4.26. The fraction of sp³-hybridized carbons (Fsp3) is 1.00. The van der Waals surface area contributed by atoms with Gasteiger partial charge in [0, 0.05) is 18.1 Å². The molecule has 0 aromatic carbocycles. The molecule has 3 atom stereocenters. The predicted octanol–water partition coefficient (Wildman–Crippen LogP) is 3.55. The molecule has 2 nitrogen and oxygen atoms in total. The van der Waals surface area contributed by atoms with Gasteiger partial charge in [-0.1, -0.05) is 40.0 Å². The van der Waals surface area contributed by atoms with E-state index in [1.165, 1.54) is 57.9 Å². The van der Waals surface area contributed by atoms with Crippen molar-refractivity contribution >= 4 is 0 Å². The average molecular weight is 240 g/mol. The highest BCUT2D eigenvalue weighted by atomic mass is 15.2. The van der Waals surface area contributed by atoms with Crippen LogP contribution in [0.2, 0.25) is 0 Å². The van der Waals surface area contributed by atoms with Crippen LogP contribution in [0, 0.1) is 0 Å². The molecule has 0 spiro atoms. The number of piperidine rings is 1. The largest absolute Gasteiger partial charge is 0.326 e. The van der Waals surface area contributed by atoms with Crippen molar-refractivity contribution in [3.63, 3.8) is 0 Å². The van der Waals surface area contributed by atoms with Gasteiger partial charge in [0.25, 0.3) is 0 Å². The Bertz CT molecular complexity index is 191. The summed E-state index contributed by atoms with van der Waals surface area (Å²) in [6.07, 6.45) is 10.4. The normalized spacial score (nSPS) is 25.8. The van der Waals surface area contributed by atoms with Crippen molar-refractivity contribution in [1.29, 1.82) is 0 Å². The van der Waals surface area contributed by atoms with Gasteiger partial charge in [0.05, 0.1) is 0 Å². The number of rotatable bonds is 7. The van der Waals surface area contributed by atoms with Gasteiger partial charge in [-0.25, -0.2) is 0 Å². The zero-order valence-electron chi connectivity index (χ0n) is 12.1. The minimum absolute atomic E-state index is 0.377. The van der Waals surface area contributed by atoms with Gasteiger partial charge in [-0.3, -0.25) is 4.90 Å². The standard InChI is InChI=1S/C15H32N2/c1-4-9-13-11-7-8-12-17(13)15(6-3)14(16)10-5-2/h13-15H,4-12,16H2,1-3H3. The van der Waals surface area contributed by atoms with Crippen molar-refractivity contribution in [3.05, 3.63) is 0 Å². The van der Waals surface area contributed by atoms with Gasteiger partial charge in [0.15, 0.2) is 0 Å². The van der Waals surface area contributed by atoms with Gasteiger partial charge in [-0.2, -0.15) is 0 Å². The summed E-state index contributed by atoms with van der Waals surface area (Å²) in [6.45, 7) is 8.13. The maximum Gasteiger partial charge on any atom is 0.0247 e. The summed E-state index contributed by atoms with van der Waals surface area (Å²) in [5.41, 5.74) is 6.39. The molecule has 1 aliphatic heterocycles. The van der Waals surface area contributed by atoms with E-state index in [2.05, 4.69) is 25.7 Å². The first-order valence-electron chi connectivity index (χ1n) is 7.75. The van der Waals surface area contributed by atoms with Gasteiger partial charge in [-0.05, 0) is 38.6 Å². The molecule has 0 aromatic rings. The number of likely N-dealkylation sites (tertiary alicyclic amines) is 1. The van der Waals surface area contributed by atoms with Crippen molar-refractivity contribution in [2.45, 2.75) is 90.3 Å². The quantitative estimate of drug-likeness (QED) is 0.737. The second-order valence-corrected chi connectivity index (χ2v) is 5.60. The molecule has 1 fully saturated rings. The zero-order valence-corrected chi connectivity index (χ0v) is 12.1. The lowest BCUT2D eigenvalue weighted by atomic mass is 9.91. The van der Waals surface area contributed by atoms with Gasteiger partial charge in [-0.15, -0.1) is 0 Å². The Morgan fingerprint density at radius 2 is 1.94 bits per heavy atom. The highest BCUT2D eigenvalue weighted by molar-refractivity contribution is 4.87. The molecule has 17 heavy (non-hydrogen) atoms. The number of hydrogen-bond acceptors (Lipinski definition) is 2. The second kappa shape index (κ2) is 8.10. The Hall–Kier alpha value is -0.0800. The molecule has 0 saturated carbocycles. The first-order chi connectivity index (χ1) is 8.24. The Morgan fingerprint density at radius 1 is 1.18 bits per heavy atom. The van der Waals surface area contributed by atoms with Gasteiger partial charge in [0.1, 0.15) is 0 Å². The van der Waals surface area contributed by atoms with Crippen LogP contribution in [-0.4, -0.2) is 29.6 Å². The van der Waals surface area contributed by atoms with E-state index in [1.54, 1.807) is 0 Å². The van der Waals surface area contributed by atoms with E-state index < -0.39 is 0 Å². The SMILES string of the molecule is CCCC(N)C(CC)N1CCCCC1CCC. The molecule has 0 bridgehead atoms. The third-order valence-electron chi connectivity index (χ3n) is 4.26. The smallest absolute Gasteiger partial charge is 0.0247 e. The molecule has 0 aliphatic carbocycles. The Morgan fingerprint density at radius 3 is 2.53 bits per heavy atom. The molecule has 2 N–H and O–H groups in total. The van der Waals surface area contributed by atoms with Crippen LogP contribution in [-0.2, 0) is 0 Å². The molecular formula is C15H32N2. The summed E-state index contributed by atoms with van der Waals surface area (Å²) >= 11 is 0. The van der Waals surface area contributed by atoms with Crippen LogP contribution in [0.3, 0.4) is 0 Å². The van der Waals surface area contributed by atoms with Crippen molar-refractivity contribution < 1.29 is 0 Å². The van der Waals surface area contributed by atoms with E-state index in [0.717, 1.165) is 6.04 Å². The summed E-state index contributed by atoms with van der Waals surface area (Å²) < 4.78 is 0. The minimum atomic E-state index is 0.377. The van der Waals surface area contributed by atoms with Crippen molar-refractivity contribution in [2.75, 3.05) is 6.54 Å². The maximum absolute atomic E-state index is 6.39. The third-order valence-corrected chi connectivity index (χ3v) is 4.26. The molecule has 0 aromatic heterocycles. The van der Waals surface area contributed by atoms with Crippen LogP contribution in [0.5, 0.6) is 0 Å². The zero-order chi connectivity index (χ0) is 12.7. The molecular weight excluding hydrogens is 208 g/mol. The lowest BCUT2D eigenvalue weighted by molar-refractivity contribution is 0.0698. The van der Waals surface area contributed by atoms with Crippen LogP contribution in [0.15, 0.2) is 0 Å². The number of nitrogens with zero attached hydrogens (tertiary/aromatic N) is 1. The lowest BCUT2D eigenvalue weighted by Gasteiger charge is -2.43. The highest BCUT2D eigenvalue weighted by Crippen LogP contribution is 2.26. The summed E-state index contributed by atoms with van der Waals surface area (Å²) in [6, 6.07) is 1.80. The summed E-state index contributed by atoms with van der Waals surface area (Å²) in [4.78, 5) is 2.74. The van der Waals surface area contributed by atoms with Crippen LogP contribution in [0.4, 0.5) is 0 Å². The molecule has 1 heterocycles. The summed E-state index contributed by atoms with van der Waals surface area (Å²) in [5.74, 6) is 0. The Kier molecular flexibility index (Phi) is 7.14. The summed E-state index contributed by atoms with van der Waals surface area (Å²) in [5, 5.41) is 0. The molecule has 0 amide bonds. The first kappa shape index (κ1) is 15.0. The van der Waals surface area contributed by atoms with E-state index in [-0.39, 0.29) is 0 Å². The number of nitrogens with two attached hydrogens (primary N) is 1. The fourth-order valence-corrected chi connectivity index (χ4v) is 3.41. The maximum atomic E-state index is 6.39. The van der Waals surface area contributed by atoms with Crippen LogP contribution in [0.25, 0.3) is 0 Å². The first-order valence-corrected chi connectivity index (χ1v) is 7.75. The second-order valence-electron chi connectivity index (χ2n) is 5.60. The Labute approximate surface area is 108 Å². The van der Waals surface area contributed by atoms with Gasteiger partial charge >= 0.3 is 0 Å². The monoisotopic (exact) mass is 240 g/mol. The minimum Gasteiger partial charge on any atom is -0.326 e. The van der Waals surface area contributed by atoms with E-state index >= 15 is 0 Å². The van der Waals surface area contributed by atoms with Crippen LogP contribution in [0.1, 0.15) is 72.1 Å². The highest BCUT2D eigenvalue weighted by Gasteiger charge is 2.30. The molecule has 1 rings (SSSR count). The van der Waals surface area contributed by atoms with Gasteiger partial charge in [0.2, 0.25) is 0 Å². The molecule has 102 valence electrons. The number of hydrogen-bond donors (Lipinski definition) is 1. The van der Waals surface area contributed by atoms with Crippen molar-refractivity contribution in [2.24, 2.45) is 5.73 Å². The lowest BCUT2D eigenvalue weighted by Crippen LogP contribution is -2.53.